The first-order chi connectivity index (χ1) is 6.67. The van der Waals surface area contributed by atoms with Crippen LogP contribution in [0.5, 0.6) is 0 Å². The van der Waals surface area contributed by atoms with Gasteiger partial charge in [0.15, 0.2) is 0 Å². The average molecular weight is 198 g/mol. The highest BCUT2D eigenvalue weighted by atomic mass is 14.3. The zero-order valence-electron chi connectivity index (χ0n) is 11.0. The highest BCUT2D eigenvalue weighted by Crippen LogP contribution is 2.31. The van der Waals surface area contributed by atoms with Crippen LogP contribution < -0.4 is 0 Å². The molecule has 0 amide bonds. The molecular weight excluding hydrogens is 168 g/mol. The third-order valence-electron chi connectivity index (χ3n) is 3.57. The summed E-state index contributed by atoms with van der Waals surface area (Å²) in [6.07, 6.45) is 8.31. The Kier molecular flexibility index (Phi) is 8.32. The molecule has 0 saturated carbocycles. The molecule has 0 aromatic heterocycles. The van der Waals surface area contributed by atoms with E-state index in [4.69, 9.17) is 0 Å². The van der Waals surface area contributed by atoms with Crippen LogP contribution in [0.1, 0.15) is 73.1 Å². The van der Waals surface area contributed by atoms with Gasteiger partial charge >= 0.3 is 0 Å². The highest BCUT2D eigenvalue weighted by molar-refractivity contribution is 4.71. The number of hydrogen-bond donors (Lipinski definition) is 0. The Hall–Kier alpha value is 0. The third kappa shape index (κ3) is 5.02. The molecular formula is C14H30. The zero-order chi connectivity index (χ0) is 11.0. The molecule has 2 atom stereocenters. The van der Waals surface area contributed by atoms with Crippen LogP contribution in [-0.4, -0.2) is 0 Å². The van der Waals surface area contributed by atoms with Gasteiger partial charge in [-0.15, -0.1) is 0 Å². The minimum Gasteiger partial charge on any atom is -0.0654 e. The Morgan fingerprint density at radius 3 is 1.29 bits per heavy atom. The molecule has 86 valence electrons. The molecule has 0 N–H and O–H groups in total. The fraction of sp³-hybridized carbons (Fsp3) is 1.00. The Labute approximate surface area is 91.5 Å². The summed E-state index contributed by atoms with van der Waals surface area (Å²) in [5.41, 5.74) is 0. The summed E-state index contributed by atoms with van der Waals surface area (Å²) in [6.45, 7) is 11.9. The molecule has 0 aromatic carbocycles. The molecule has 0 aliphatic carbocycles. The lowest BCUT2D eigenvalue weighted by Crippen LogP contribution is -2.19. The van der Waals surface area contributed by atoms with E-state index < -0.39 is 0 Å². The predicted octanol–water partition coefficient (Wildman–Crippen LogP) is 5.28. The Bertz CT molecular complexity index is 105. The second kappa shape index (κ2) is 8.32. The van der Waals surface area contributed by atoms with Crippen molar-refractivity contribution in [3.05, 3.63) is 0 Å². The van der Waals surface area contributed by atoms with Crippen LogP contribution in [0, 0.1) is 17.8 Å². The van der Waals surface area contributed by atoms with E-state index in [1.807, 2.05) is 0 Å². The summed E-state index contributed by atoms with van der Waals surface area (Å²) in [4.78, 5) is 0. The van der Waals surface area contributed by atoms with Gasteiger partial charge in [0, 0.05) is 0 Å². The summed E-state index contributed by atoms with van der Waals surface area (Å²) < 4.78 is 0. The van der Waals surface area contributed by atoms with Crippen LogP contribution in [0.3, 0.4) is 0 Å². The van der Waals surface area contributed by atoms with Gasteiger partial charge in [0.1, 0.15) is 0 Å². The molecule has 0 rings (SSSR count). The normalized spacial score (nSPS) is 17.8. The fourth-order valence-corrected chi connectivity index (χ4v) is 2.80. The smallest absolute Gasteiger partial charge is 0.0363 e. The summed E-state index contributed by atoms with van der Waals surface area (Å²) in [5.74, 6) is 2.84. The van der Waals surface area contributed by atoms with Crippen molar-refractivity contribution in [2.24, 2.45) is 17.8 Å². The number of hydrogen-bond acceptors (Lipinski definition) is 0. The van der Waals surface area contributed by atoms with Crippen molar-refractivity contribution in [3.8, 4) is 0 Å². The minimum atomic E-state index is 0.932. The topological polar surface area (TPSA) is 0 Å². The van der Waals surface area contributed by atoms with Crippen molar-refractivity contribution < 1.29 is 0 Å². The van der Waals surface area contributed by atoms with Crippen molar-refractivity contribution >= 4 is 0 Å². The lowest BCUT2D eigenvalue weighted by Gasteiger charge is -2.29. The molecule has 0 bridgehead atoms. The summed E-state index contributed by atoms with van der Waals surface area (Å²) in [6, 6.07) is 0. The first kappa shape index (κ1) is 14.0. The maximum absolute atomic E-state index is 2.45. The Morgan fingerprint density at radius 2 is 1.00 bits per heavy atom. The van der Waals surface area contributed by atoms with Gasteiger partial charge in [-0.25, -0.2) is 0 Å². The second-order valence-electron chi connectivity index (χ2n) is 4.98. The third-order valence-corrected chi connectivity index (χ3v) is 3.57. The van der Waals surface area contributed by atoms with Gasteiger partial charge in [-0.1, -0.05) is 73.1 Å². The standard InChI is InChI=1S/C14H30/c1-6-9-12(4)14(11-8-3)13(5)10-7-2/h12-14H,6-11H2,1-5H3. The van der Waals surface area contributed by atoms with Crippen LogP contribution in [0.15, 0.2) is 0 Å². The molecule has 0 heterocycles. The van der Waals surface area contributed by atoms with Gasteiger partial charge in [0.25, 0.3) is 0 Å². The average Bonchev–Trinajstić information content (AvgIpc) is 2.14. The van der Waals surface area contributed by atoms with Gasteiger partial charge in [0.05, 0.1) is 0 Å². The first-order valence-electron chi connectivity index (χ1n) is 6.67. The lowest BCUT2D eigenvalue weighted by atomic mass is 9.77. The molecule has 14 heavy (non-hydrogen) atoms. The summed E-state index contributed by atoms with van der Waals surface area (Å²) in [7, 11) is 0. The molecule has 2 unspecified atom stereocenters. The highest BCUT2D eigenvalue weighted by Gasteiger charge is 2.21. The van der Waals surface area contributed by atoms with Gasteiger partial charge in [-0.3, -0.25) is 0 Å². The number of rotatable bonds is 8. The monoisotopic (exact) mass is 198 g/mol. The van der Waals surface area contributed by atoms with E-state index >= 15 is 0 Å². The van der Waals surface area contributed by atoms with E-state index in [1.165, 1.54) is 38.5 Å². The maximum atomic E-state index is 2.45. The fourth-order valence-electron chi connectivity index (χ4n) is 2.80. The van der Waals surface area contributed by atoms with Crippen molar-refractivity contribution in [3.63, 3.8) is 0 Å². The molecule has 0 aliphatic heterocycles. The molecule has 0 aromatic rings. The van der Waals surface area contributed by atoms with E-state index in [-0.39, 0.29) is 0 Å². The van der Waals surface area contributed by atoms with E-state index in [9.17, 15) is 0 Å². The van der Waals surface area contributed by atoms with E-state index in [2.05, 4.69) is 34.6 Å². The molecule has 0 nitrogen and oxygen atoms in total. The molecule has 0 aliphatic rings. The first-order valence-corrected chi connectivity index (χ1v) is 6.67. The largest absolute Gasteiger partial charge is 0.0654 e. The van der Waals surface area contributed by atoms with Crippen LogP contribution in [0.4, 0.5) is 0 Å². The Morgan fingerprint density at radius 1 is 0.643 bits per heavy atom. The van der Waals surface area contributed by atoms with Gasteiger partial charge in [-0.2, -0.15) is 0 Å². The van der Waals surface area contributed by atoms with Gasteiger partial charge in [-0.05, 0) is 17.8 Å². The molecule has 0 spiro atoms. The van der Waals surface area contributed by atoms with E-state index in [0.29, 0.717) is 0 Å². The molecule has 0 fully saturated rings. The van der Waals surface area contributed by atoms with Crippen LogP contribution in [-0.2, 0) is 0 Å². The van der Waals surface area contributed by atoms with Gasteiger partial charge < -0.3 is 0 Å². The van der Waals surface area contributed by atoms with Crippen LogP contribution >= 0.6 is 0 Å². The molecule has 0 heteroatoms. The van der Waals surface area contributed by atoms with Crippen molar-refractivity contribution in [2.75, 3.05) is 0 Å². The second-order valence-corrected chi connectivity index (χ2v) is 4.98. The predicted molar refractivity (Wildman–Crippen MR) is 66.5 cm³/mol. The summed E-state index contributed by atoms with van der Waals surface area (Å²) >= 11 is 0. The van der Waals surface area contributed by atoms with E-state index in [0.717, 1.165) is 17.8 Å². The Balaban J connectivity index is 4.10. The van der Waals surface area contributed by atoms with Crippen molar-refractivity contribution in [1.82, 2.24) is 0 Å². The molecule has 0 radical (unpaired) electrons. The van der Waals surface area contributed by atoms with Gasteiger partial charge in [0.2, 0.25) is 0 Å². The van der Waals surface area contributed by atoms with Crippen molar-refractivity contribution in [1.29, 1.82) is 0 Å². The summed E-state index contributed by atoms with van der Waals surface area (Å²) in [5, 5.41) is 0. The zero-order valence-corrected chi connectivity index (χ0v) is 11.0. The van der Waals surface area contributed by atoms with E-state index in [1.54, 1.807) is 0 Å². The maximum Gasteiger partial charge on any atom is -0.0363 e. The quantitative estimate of drug-likeness (QED) is 0.498. The van der Waals surface area contributed by atoms with Crippen LogP contribution in [0.2, 0.25) is 0 Å². The lowest BCUT2D eigenvalue weighted by molar-refractivity contribution is 0.214. The molecule has 0 saturated heterocycles. The SMILES string of the molecule is CCCC(C)C(CCC)C(C)CCC. The minimum absolute atomic E-state index is 0.932. The van der Waals surface area contributed by atoms with Crippen LogP contribution in [0.25, 0.3) is 0 Å². The van der Waals surface area contributed by atoms with Crippen molar-refractivity contribution in [2.45, 2.75) is 73.1 Å².